The summed E-state index contributed by atoms with van der Waals surface area (Å²) >= 11 is 0. The lowest BCUT2D eigenvalue weighted by atomic mass is 10.2. The molecule has 1 amide bonds. The van der Waals surface area contributed by atoms with Crippen molar-refractivity contribution in [1.29, 1.82) is 0 Å². The molecule has 4 rings (SSSR count). The molecule has 0 atom stereocenters. The summed E-state index contributed by atoms with van der Waals surface area (Å²) < 4.78 is 7.79. The minimum absolute atomic E-state index is 0.302. The molecule has 6 nitrogen and oxygen atoms in total. The Morgan fingerprint density at radius 2 is 1.86 bits per heavy atom. The van der Waals surface area contributed by atoms with Crippen molar-refractivity contribution in [3.05, 3.63) is 102 Å². The first-order chi connectivity index (χ1) is 14.2. The van der Waals surface area contributed by atoms with E-state index >= 15 is 0 Å². The van der Waals surface area contributed by atoms with Crippen molar-refractivity contribution in [2.75, 3.05) is 0 Å². The Hall–Kier alpha value is -3.64. The summed E-state index contributed by atoms with van der Waals surface area (Å²) in [5.74, 6) is 0.267. The zero-order valence-electron chi connectivity index (χ0n) is 16.0. The van der Waals surface area contributed by atoms with Gasteiger partial charge in [0.2, 0.25) is 0 Å². The first-order valence-corrected chi connectivity index (χ1v) is 9.30. The van der Waals surface area contributed by atoms with Crippen LogP contribution in [0.15, 0.2) is 79.1 Å². The van der Waals surface area contributed by atoms with Crippen molar-refractivity contribution in [2.45, 2.75) is 20.1 Å². The summed E-state index contributed by atoms with van der Waals surface area (Å²) in [5.41, 5.74) is 6.75. The van der Waals surface area contributed by atoms with Gasteiger partial charge >= 0.3 is 0 Å². The smallest absolute Gasteiger partial charge is 0.274 e. The highest BCUT2D eigenvalue weighted by Crippen LogP contribution is 2.16. The van der Waals surface area contributed by atoms with Gasteiger partial charge in [0.05, 0.1) is 12.3 Å². The predicted octanol–water partition coefficient (Wildman–Crippen LogP) is 4.08. The fraction of sp³-hybridized carbons (Fsp3) is 0.130. The molecule has 6 heteroatoms. The lowest BCUT2D eigenvalue weighted by Gasteiger charge is -2.08. The number of hydrogen-bond donors (Lipinski definition) is 1. The van der Waals surface area contributed by atoms with Gasteiger partial charge in [0.1, 0.15) is 18.0 Å². The summed E-state index contributed by atoms with van der Waals surface area (Å²) in [6.45, 7) is 2.65. The maximum atomic E-state index is 12.3. The molecule has 0 fully saturated rings. The fourth-order valence-corrected chi connectivity index (χ4v) is 2.93. The number of ether oxygens (including phenoxy) is 1. The third-order valence-corrected chi connectivity index (χ3v) is 4.38. The van der Waals surface area contributed by atoms with Gasteiger partial charge in [-0.1, -0.05) is 42.5 Å². The van der Waals surface area contributed by atoms with Crippen molar-refractivity contribution in [3.63, 3.8) is 0 Å². The van der Waals surface area contributed by atoms with E-state index in [2.05, 4.69) is 10.5 Å². The van der Waals surface area contributed by atoms with Crippen LogP contribution in [0.3, 0.4) is 0 Å². The molecule has 0 bridgehead atoms. The second-order valence-electron chi connectivity index (χ2n) is 6.73. The molecular weight excluding hydrogens is 366 g/mol. The van der Waals surface area contributed by atoms with Crippen LogP contribution >= 0.6 is 0 Å². The number of aryl methyl sites for hydroxylation is 1. The Morgan fingerprint density at radius 1 is 1.00 bits per heavy atom. The molecule has 0 aliphatic heterocycles. The molecule has 0 saturated carbocycles. The largest absolute Gasteiger partial charge is 0.487 e. The summed E-state index contributed by atoms with van der Waals surface area (Å²) in [6.07, 6.45) is 3.96. The van der Waals surface area contributed by atoms with Gasteiger partial charge in [0.25, 0.3) is 5.91 Å². The monoisotopic (exact) mass is 387 g/mol. The first kappa shape index (κ1) is 18.7. The lowest BCUT2D eigenvalue weighted by Crippen LogP contribution is -2.23. The van der Waals surface area contributed by atoms with Crippen LogP contribution in [0.5, 0.6) is 5.75 Å². The lowest BCUT2D eigenvalue weighted by molar-refractivity contribution is 0.0233. The van der Waals surface area contributed by atoms with Crippen LogP contribution in [-0.4, -0.2) is 15.3 Å². The van der Waals surface area contributed by atoms with Crippen molar-refractivity contribution in [3.8, 4) is 5.75 Å². The predicted molar refractivity (Wildman–Crippen MR) is 109 cm³/mol. The zero-order valence-corrected chi connectivity index (χ0v) is 16.0. The number of carbonyl (C=O) groups is 1. The number of nitrogens with one attached hydrogen (secondary N) is 1. The number of rotatable bonds is 7. The van der Waals surface area contributed by atoms with Crippen molar-refractivity contribution in [2.24, 2.45) is 0 Å². The van der Waals surface area contributed by atoms with Crippen molar-refractivity contribution < 1.29 is 14.4 Å². The van der Waals surface area contributed by atoms with E-state index in [0.29, 0.717) is 24.5 Å². The molecular formula is C23H21N3O3. The number of benzene rings is 2. The highest BCUT2D eigenvalue weighted by molar-refractivity contribution is 5.93. The normalized spacial score (nSPS) is 10.8. The van der Waals surface area contributed by atoms with E-state index in [1.807, 2.05) is 72.2 Å². The van der Waals surface area contributed by atoms with E-state index in [1.54, 1.807) is 18.2 Å². The number of nitrogens with zero attached hydrogens (tertiary/aromatic N) is 2. The van der Waals surface area contributed by atoms with Crippen LogP contribution in [0, 0.1) is 6.92 Å². The summed E-state index contributed by atoms with van der Waals surface area (Å²) in [5, 5.41) is 0. The number of aromatic nitrogens is 2. The number of hydroxylamine groups is 1. The van der Waals surface area contributed by atoms with Crippen LogP contribution in [0.25, 0.3) is 5.65 Å². The maximum Gasteiger partial charge on any atom is 0.274 e. The molecule has 2 aromatic carbocycles. The number of imidazole rings is 1. The molecule has 2 aromatic heterocycles. The van der Waals surface area contributed by atoms with Gasteiger partial charge in [-0.05, 0) is 42.3 Å². The maximum absolute atomic E-state index is 12.3. The quantitative estimate of drug-likeness (QED) is 0.485. The van der Waals surface area contributed by atoms with Crippen LogP contribution in [0.2, 0.25) is 0 Å². The Labute approximate surface area is 168 Å². The SMILES string of the molecule is Cc1ccc2nc(COc3cccc(C(=O)NOCc4ccccc4)c3)cn2c1. The zero-order chi connectivity index (χ0) is 20.1. The number of pyridine rings is 1. The van der Waals surface area contributed by atoms with E-state index in [9.17, 15) is 4.79 Å². The van der Waals surface area contributed by atoms with E-state index in [4.69, 9.17) is 9.57 Å². The second kappa shape index (κ2) is 8.58. The van der Waals surface area contributed by atoms with E-state index in [1.165, 1.54) is 0 Å². The van der Waals surface area contributed by atoms with Gasteiger partial charge in [0.15, 0.2) is 0 Å². The highest BCUT2D eigenvalue weighted by Gasteiger charge is 2.08. The minimum Gasteiger partial charge on any atom is -0.487 e. The van der Waals surface area contributed by atoms with Gasteiger partial charge in [-0.3, -0.25) is 9.63 Å². The van der Waals surface area contributed by atoms with E-state index in [-0.39, 0.29) is 5.91 Å². The average molecular weight is 387 g/mol. The molecule has 29 heavy (non-hydrogen) atoms. The van der Waals surface area contributed by atoms with Crippen LogP contribution in [0.4, 0.5) is 0 Å². The fourth-order valence-electron chi connectivity index (χ4n) is 2.93. The van der Waals surface area contributed by atoms with Gasteiger partial charge in [0, 0.05) is 18.0 Å². The molecule has 0 saturated heterocycles. The second-order valence-corrected chi connectivity index (χ2v) is 6.73. The van der Waals surface area contributed by atoms with E-state index in [0.717, 1.165) is 22.5 Å². The standard InChI is InChI=1S/C23H21N3O3/c1-17-10-11-22-24-20(14-26(22)13-17)16-28-21-9-5-8-19(12-21)23(27)25-29-15-18-6-3-2-4-7-18/h2-14H,15-16H2,1H3,(H,25,27). The minimum atomic E-state index is -0.324. The van der Waals surface area contributed by atoms with E-state index < -0.39 is 0 Å². The number of fused-ring (bicyclic) bond motifs is 1. The Morgan fingerprint density at radius 3 is 2.72 bits per heavy atom. The molecule has 2 heterocycles. The summed E-state index contributed by atoms with van der Waals surface area (Å²) in [7, 11) is 0. The van der Waals surface area contributed by atoms with Gasteiger partial charge in [-0.25, -0.2) is 10.5 Å². The number of carbonyl (C=O) groups excluding carboxylic acids is 1. The summed E-state index contributed by atoms with van der Waals surface area (Å²) in [6, 6.07) is 20.6. The van der Waals surface area contributed by atoms with Crippen LogP contribution in [0.1, 0.15) is 27.2 Å². The van der Waals surface area contributed by atoms with Crippen LogP contribution in [-0.2, 0) is 18.1 Å². The third kappa shape index (κ3) is 4.80. The molecule has 0 aliphatic rings. The molecule has 0 unspecified atom stereocenters. The topological polar surface area (TPSA) is 64.9 Å². The summed E-state index contributed by atoms with van der Waals surface area (Å²) in [4.78, 5) is 22.1. The molecule has 4 aromatic rings. The molecule has 1 N–H and O–H groups in total. The van der Waals surface area contributed by atoms with Gasteiger partial charge < -0.3 is 9.14 Å². The molecule has 0 radical (unpaired) electrons. The van der Waals surface area contributed by atoms with Crippen molar-refractivity contribution in [1.82, 2.24) is 14.9 Å². The van der Waals surface area contributed by atoms with Gasteiger partial charge in [-0.2, -0.15) is 0 Å². The number of hydrogen-bond acceptors (Lipinski definition) is 4. The number of amides is 1. The Bertz CT molecular complexity index is 1120. The average Bonchev–Trinajstić information content (AvgIpc) is 3.15. The first-order valence-electron chi connectivity index (χ1n) is 9.30. The highest BCUT2D eigenvalue weighted by atomic mass is 16.6. The molecule has 0 aliphatic carbocycles. The molecule has 146 valence electrons. The van der Waals surface area contributed by atoms with Crippen LogP contribution < -0.4 is 10.2 Å². The Balaban J connectivity index is 1.34. The molecule has 0 spiro atoms. The third-order valence-electron chi connectivity index (χ3n) is 4.38. The van der Waals surface area contributed by atoms with Crippen molar-refractivity contribution >= 4 is 11.6 Å². The Kier molecular flexibility index (Phi) is 5.54. The van der Waals surface area contributed by atoms with Gasteiger partial charge in [-0.15, -0.1) is 0 Å².